The molecule has 0 spiro atoms. The zero-order chi connectivity index (χ0) is 11.0. The normalized spacial score (nSPS) is 14.3. The maximum atomic E-state index is 11.2. The molecule has 0 saturated heterocycles. The van der Waals surface area contributed by atoms with E-state index in [0.29, 0.717) is 12.8 Å². The molecular formula is C11H11NO3. The number of aromatic carboxylic acids is 1. The van der Waals surface area contributed by atoms with E-state index in [9.17, 15) is 9.59 Å². The molecule has 0 radical (unpaired) electrons. The van der Waals surface area contributed by atoms with Crippen LogP contribution in [0.1, 0.15) is 27.9 Å². The summed E-state index contributed by atoms with van der Waals surface area (Å²) < 4.78 is 0. The fraction of sp³-hybridized carbons (Fsp3) is 0.273. The topological polar surface area (TPSA) is 66.4 Å². The van der Waals surface area contributed by atoms with E-state index >= 15 is 0 Å². The van der Waals surface area contributed by atoms with Crippen molar-refractivity contribution in [2.45, 2.75) is 19.8 Å². The van der Waals surface area contributed by atoms with Crippen molar-refractivity contribution in [3.8, 4) is 0 Å². The van der Waals surface area contributed by atoms with Crippen LogP contribution in [0, 0.1) is 6.92 Å². The van der Waals surface area contributed by atoms with Crippen molar-refractivity contribution in [1.29, 1.82) is 0 Å². The van der Waals surface area contributed by atoms with E-state index in [1.54, 1.807) is 19.1 Å². The number of anilines is 1. The van der Waals surface area contributed by atoms with Crippen LogP contribution in [-0.4, -0.2) is 17.0 Å². The lowest BCUT2D eigenvalue weighted by molar-refractivity contribution is -0.116. The van der Waals surface area contributed by atoms with Crippen LogP contribution in [0.5, 0.6) is 0 Å². The Morgan fingerprint density at radius 1 is 1.40 bits per heavy atom. The minimum Gasteiger partial charge on any atom is -0.478 e. The molecule has 0 saturated carbocycles. The third-order valence-electron chi connectivity index (χ3n) is 2.55. The third-order valence-corrected chi connectivity index (χ3v) is 2.55. The molecule has 1 heterocycles. The first kappa shape index (κ1) is 9.71. The highest BCUT2D eigenvalue weighted by atomic mass is 16.4. The summed E-state index contributed by atoms with van der Waals surface area (Å²) in [5.74, 6) is -0.938. The Morgan fingerprint density at radius 2 is 2.13 bits per heavy atom. The predicted octanol–water partition coefficient (Wildman–Crippen LogP) is 1.58. The van der Waals surface area contributed by atoms with Crippen LogP contribution in [-0.2, 0) is 11.2 Å². The number of rotatable bonds is 1. The number of carboxylic acid groups (broad SMARTS) is 1. The van der Waals surface area contributed by atoms with Gasteiger partial charge in [0.05, 0.1) is 5.56 Å². The van der Waals surface area contributed by atoms with Crippen molar-refractivity contribution in [3.05, 3.63) is 28.8 Å². The van der Waals surface area contributed by atoms with Gasteiger partial charge in [0.2, 0.25) is 5.91 Å². The van der Waals surface area contributed by atoms with E-state index in [0.717, 1.165) is 16.8 Å². The molecule has 1 amide bonds. The van der Waals surface area contributed by atoms with Crippen molar-refractivity contribution in [1.82, 2.24) is 0 Å². The zero-order valence-corrected chi connectivity index (χ0v) is 8.33. The quantitative estimate of drug-likeness (QED) is 0.731. The van der Waals surface area contributed by atoms with Crippen LogP contribution in [0.25, 0.3) is 0 Å². The second-order valence-electron chi connectivity index (χ2n) is 3.68. The van der Waals surface area contributed by atoms with Crippen molar-refractivity contribution in [2.75, 3.05) is 5.32 Å². The van der Waals surface area contributed by atoms with Crippen LogP contribution in [0.3, 0.4) is 0 Å². The summed E-state index contributed by atoms with van der Waals surface area (Å²) in [4.78, 5) is 22.0. The Bertz CT molecular complexity index is 451. The maximum Gasteiger partial charge on any atom is 0.335 e. The summed E-state index contributed by atoms with van der Waals surface area (Å²) in [5.41, 5.74) is 2.77. The Balaban J connectivity index is 2.52. The number of benzene rings is 1. The number of hydrogen-bond acceptors (Lipinski definition) is 2. The molecule has 78 valence electrons. The van der Waals surface area contributed by atoms with Crippen molar-refractivity contribution >= 4 is 17.6 Å². The molecule has 1 aliphatic heterocycles. The number of carbonyl (C=O) groups excluding carboxylic acids is 1. The van der Waals surface area contributed by atoms with E-state index < -0.39 is 5.97 Å². The van der Waals surface area contributed by atoms with E-state index in [2.05, 4.69) is 5.32 Å². The lowest BCUT2D eigenvalue weighted by atomic mass is 9.97. The van der Waals surface area contributed by atoms with Gasteiger partial charge in [0.25, 0.3) is 0 Å². The maximum absolute atomic E-state index is 11.2. The highest BCUT2D eigenvalue weighted by Crippen LogP contribution is 2.27. The summed E-state index contributed by atoms with van der Waals surface area (Å²) in [7, 11) is 0. The fourth-order valence-electron chi connectivity index (χ4n) is 1.81. The molecule has 0 fully saturated rings. The number of carbonyl (C=O) groups is 2. The lowest BCUT2D eigenvalue weighted by Gasteiger charge is -2.19. The van der Waals surface area contributed by atoms with Gasteiger partial charge in [0.1, 0.15) is 0 Å². The SMILES string of the molecule is Cc1cc(C(=O)O)cc2c1NC(=O)CC2. The van der Waals surface area contributed by atoms with Crippen molar-refractivity contribution in [3.63, 3.8) is 0 Å². The molecular weight excluding hydrogens is 194 g/mol. The van der Waals surface area contributed by atoms with Gasteiger partial charge in [0, 0.05) is 12.1 Å². The van der Waals surface area contributed by atoms with Gasteiger partial charge in [-0.15, -0.1) is 0 Å². The van der Waals surface area contributed by atoms with Crippen LogP contribution in [0.15, 0.2) is 12.1 Å². The molecule has 1 aromatic rings. The molecule has 1 aliphatic rings. The molecule has 0 bridgehead atoms. The second kappa shape index (κ2) is 3.38. The van der Waals surface area contributed by atoms with E-state index in [1.807, 2.05) is 0 Å². The van der Waals surface area contributed by atoms with Crippen molar-refractivity contribution < 1.29 is 14.7 Å². The van der Waals surface area contributed by atoms with Crippen molar-refractivity contribution in [2.24, 2.45) is 0 Å². The molecule has 0 unspecified atom stereocenters. The third kappa shape index (κ3) is 1.70. The van der Waals surface area contributed by atoms with Crippen LogP contribution < -0.4 is 5.32 Å². The summed E-state index contributed by atoms with van der Waals surface area (Å²) in [5, 5.41) is 11.6. The number of fused-ring (bicyclic) bond motifs is 1. The molecule has 0 aromatic heterocycles. The molecule has 4 heteroatoms. The van der Waals surface area contributed by atoms with E-state index in [1.165, 1.54) is 0 Å². The number of amides is 1. The van der Waals surface area contributed by atoms with Crippen LogP contribution in [0.2, 0.25) is 0 Å². The first-order valence-electron chi connectivity index (χ1n) is 4.74. The van der Waals surface area contributed by atoms with Gasteiger partial charge in [-0.05, 0) is 36.6 Å². The number of nitrogens with one attached hydrogen (secondary N) is 1. The summed E-state index contributed by atoms with van der Waals surface area (Å²) in [6.45, 7) is 1.80. The van der Waals surface area contributed by atoms with Crippen LogP contribution in [0.4, 0.5) is 5.69 Å². The number of carboxylic acids is 1. The molecule has 0 aliphatic carbocycles. The van der Waals surface area contributed by atoms with Gasteiger partial charge in [-0.1, -0.05) is 0 Å². The molecule has 0 atom stereocenters. The minimum absolute atomic E-state index is 0.00586. The van der Waals surface area contributed by atoms with Gasteiger partial charge in [0.15, 0.2) is 0 Å². The second-order valence-corrected chi connectivity index (χ2v) is 3.68. The first-order valence-corrected chi connectivity index (χ1v) is 4.74. The monoisotopic (exact) mass is 205 g/mol. The highest BCUT2D eigenvalue weighted by Gasteiger charge is 2.18. The summed E-state index contributed by atoms with van der Waals surface area (Å²) >= 11 is 0. The smallest absolute Gasteiger partial charge is 0.335 e. The minimum atomic E-state index is -0.933. The molecule has 15 heavy (non-hydrogen) atoms. The standard InChI is InChI=1S/C11H11NO3/c1-6-4-8(11(14)15)5-7-2-3-9(13)12-10(6)7/h4-5H,2-3H2,1H3,(H,12,13)(H,14,15). The summed E-state index contributed by atoms with van der Waals surface area (Å²) in [6, 6.07) is 3.21. The van der Waals surface area contributed by atoms with Gasteiger partial charge in [-0.25, -0.2) is 4.79 Å². The molecule has 2 N–H and O–H groups in total. The Kier molecular flexibility index (Phi) is 2.19. The number of hydrogen-bond donors (Lipinski definition) is 2. The Hall–Kier alpha value is -1.84. The fourth-order valence-corrected chi connectivity index (χ4v) is 1.81. The molecule has 2 rings (SSSR count). The van der Waals surface area contributed by atoms with Crippen LogP contribution >= 0.6 is 0 Å². The van der Waals surface area contributed by atoms with Gasteiger partial charge in [-0.3, -0.25) is 4.79 Å². The first-order chi connectivity index (χ1) is 7.08. The lowest BCUT2D eigenvalue weighted by Crippen LogP contribution is -2.20. The predicted molar refractivity (Wildman–Crippen MR) is 55.1 cm³/mol. The van der Waals surface area contributed by atoms with Gasteiger partial charge >= 0.3 is 5.97 Å². The van der Waals surface area contributed by atoms with E-state index in [4.69, 9.17) is 5.11 Å². The average molecular weight is 205 g/mol. The highest BCUT2D eigenvalue weighted by molar-refractivity contribution is 5.96. The largest absolute Gasteiger partial charge is 0.478 e. The molecule has 4 nitrogen and oxygen atoms in total. The van der Waals surface area contributed by atoms with Gasteiger partial charge < -0.3 is 10.4 Å². The van der Waals surface area contributed by atoms with Gasteiger partial charge in [-0.2, -0.15) is 0 Å². The Labute approximate surface area is 86.9 Å². The Morgan fingerprint density at radius 3 is 2.80 bits per heavy atom. The summed E-state index contributed by atoms with van der Waals surface area (Å²) in [6.07, 6.45) is 1.04. The number of aryl methyl sites for hydroxylation is 2. The zero-order valence-electron chi connectivity index (χ0n) is 8.33. The molecule has 1 aromatic carbocycles. The average Bonchev–Trinajstić information content (AvgIpc) is 2.18. The van der Waals surface area contributed by atoms with E-state index in [-0.39, 0.29) is 11.5 Å².